The van der Waals surface area contributed by atoms with Crippen molar-refractivity contribution in [3.8, 4) is 40.2 Å². The largest absolute Gasteiger partial charge is 0.497 e. The molecule has 0 spiro atoms. The molecule has 3 aromatic rings. The number of hydrogen-bond donors (Lipinski definition) is 0. The predicted octanol–water partition coefficient (Wildman–Crippen LogP) is 4.57. The van der Waals surface area contributed by atoms with Crippen LogP contribution in [0.3, 0.4) is 0 Å². The summed E-state index contributed by atoms with van der Waals surface area (Å²) in [5, 5.41) is 0. The molecule has 0 atom stereocenters. The van der Waals surface area contributed by atoms with Gasteiger partial charge in [0.15, 0.2) is 17.3 Å². The van der Waals surface area contributed by atoms with E-state index in [1.165, 1.54) is 59.8 Å². The van der Waals surface area contributed by atoms with Crippen molar-refractivity contribution in [3.05, 3.63) is 71.0 Å². The Bertz CT molecular complexity index is 1340. The van der Waals surface area contributed by atoms with Gasteiger partial charge >= 0.3 is 5.97 Å². The van der Waals surface area contributed by atoms with Gasteiger partial charge in [0.25, 0.3) is 0 Å². The van der Waals surface area contributed by atoms with Crippen molar-refractivity contribution in [1.29, 1.82) is 0 Å². The van der Waals surface area contributed by atoms with Gasteiger partial charge in [-0.25, -0.2) is 4.79 Å². The summed E-state index contributed by atoms with van der Waals surface area (Å²) in [5.41, 5.74) is 1.14. The van der Waals surface area contributed by atoms with Gasteiger partial charge in [0, 0.05) is 17.7 Å². The van der Waals surface area contributed by atoms with Crippen molar-refractivity contribution in [2.75, 3.05) is 35.5 Å². The summed E-state index contributed by atoms with van der Waals surface area (Å²) in [4.78, 5) is 25.7. The Hall–Kier alpha value is -4.66. The van der Waals surface area contributed by atoms with E-state index in [0.717, 1.165) is 0 Å². The molecule has 0 N–H and O–H groups in total. The number of methoxy groups -OCH3 is 5. The van der Waals surface area contributed by atoms with Gasteiger partial charge in [-0.2, -0.15) is 0 Å². The Morgan fingerprint density at radius 2 is 1.44 bits per heavy atom. The molecular weight excluding hydrogens is 468 g/mol. The number of rotatable bonds is 8. The van der Waals surface area contributed by atoms with E-state index in [0.29, 0.717) is 39.9 Å². The summed E-state index contributed by atoms with van der Waals surface area (Å²) < 4.78 is 37.9. The molecule has 1 aliphatic heterocycles. The highest BCUT2D eigenvalue weighted by Crippen LogP contribution is 2.42. The van der Waals surface area contributed by atoms with Gasteiger partial charge in [0.2, 0.25) is 11.5 Å². The monoisotopic (exact) mass is 492 g/mol. The SMILES string of the molecule is COc1cc(OC)cc(C(=O)Oc2ccc3c(c2)O/C(=C\c2ccc(OC)c(OC)c2OC)C3=O)c1. The first-order valence-corrected chi connectivity index (χ1v) is 10.7. The van der Waals surface area contributed by atoms with Crippen LogP contribution in [0.2, 0.25) is 0 Å². The molecule has 0 unspecified atom stereocenters. The number of carbonyl (C=O) groups is 2. The van der Waals surface area contributed by atoms with Crippen molar-refractivity contribution in [2.24, 2.45) is 0 Å². The quantitative estimate of drug-likeness (QED) is 0.254. The Morgan fingerprint density at radius 1 is 0.750 bits per heavy atom. The molecule has 4 rings (SSSR count). The molecule has 0 aliphatic carbocycles. The molecule has 0 bridgehead atoms. The minimum atomic E-state index is -0.623. The fourth-order valence-electron chi connectivity index (χ4n) is 3.70. The summed E-state index contributed by atoms with van der Waals surface area (Å²) in [6.45, 7) is 0. The number of esters is 1. The first-order valence-electron chi connectivity index (χ1n) is 10.7. The van der Waals surface area contributed by atoms with Crippen LogP contribution in [-0.2, 0) is 0 Å². The molecule has 1 heterocycles. The van der Waals surface area contributed by atoms with E-state index < -0.39 is 5.97 Å². The highest BCUT2D eigenvalue weighted by atomic mass is 16.5. The average molecular weight is 492 g/mol. The molecule has 0 aromatic heterocycles. The lowest BCUT2D eigenvalue weighted by atomic mass is 10.1. The Kier molecular flexibility index (Phi) is 7.00. The lowest BCUT2D eigenvalue weighted by Gasteiger charge is -2.14. The zero-order valence-electron chi connectivity index (χ0n) is 20.4. The maximum absolute atomic E-state index is 12.9. The van der Waals surface area contributed by atoms with E-state index >= 15 is 0 Å². The first kappa shape index (κ1) is 24.5. The normalized spacial score (nSPS) is 13.0. The van der Waals surface area contributed by atoms with Crippen LogP contribution in [0.15, 0.2) is 54.3 Å². The van der Waals surface area contributed by atoms with Gasteiger partial charge in [-0.15, -0.1) is 0 Å². The number of benzene rings is 3. The van der Waals surface area contributed by atoms with Crippen LogP contribution >= 0.6 is 0 Å². The Morgan fingerprint density at radius 3 is 2.06 bits per heavy atom. The van der Waals surface area contributed by atoms with Crippen molar-refractivity contribution >= 4 is 17.8 Å². The number of ketones is 1. The van der Waals surface area contributed by atoms with Gasteiger partial charge < -0.3 is 33.2 Å². The molecule has 0 saturated carbocycles. The highest BCUT2D eigenvalue weighted by Gasteiger charge is 2.29. The van der Waals surface area contributed by atoms with E-state index in [2.05, 4.69) is 0 Å². The second-order valence-corrected chi connectivity index (χ2v) is 7.51. The lowest BCUT2D eigenvalue weighted by molar-refractivity contribution is 0.0733. The van der Waals surface area contributed by atoms with Gasteiger partial charge in [-0.05, 0) is 42.5 Å². The third-order valence-corrected chi connectivity index (χ3v) is 5.46. The zero-order chi connectivity index (χ0) is 25.8. The van der Waals surface area contributed by atoms with E-state index in [4.69, 9.17) is 33.2 Å². The molecule has 0 fully saturated rings. The number of Topliss-reactive ketones (excluding diaryl/α,β-unsaturated/α-hetero) is 1. The maximum Gasteiger partial charge on any atom is 0.343 e. The molecular formula is C27H24O9. The van der Waals surface area contributed by atoms with Gasteiger partial charge in [-0.1, -0.05) is 0 Å². The van der Waals surface area contributed by atoms with Gasteiger partial charge in [0.05, 0.1) is 46.7 Å². The summed E-state index contributed by atoms with van der Waals surface area (Å²) in [6.07, 6.45) is 1.55. The molecule has 9 heteroatoms. The highest BCUT2D eigenvalue weighted by molar-refractivity contribution is 6.14. The fourth-order valence-corrected chi connectivity index (χ4v) is 3.70. The number of ether oxygens (including phenoxy) is 7. The maximum atomic E-state index is 12.9. The second kappa shape index (κ2) is 10.3. The molecule has 9 nitrogen and oxygen atoms in total. The average Bonchev–Trinajstić information content (AvgIpc) is 3.21. The van der Waals surface area contributed by atoms with E-state index in [1.54, 1.807) is 30.3 Å². The number of allylic oxidation sites excluding steroid dienone is 1. The van der Waals surface area contributed by atoms with Crippen molar-refractivity contribution in [1.82, 2.24) is 0 Å². The second-order valence-electron chi connectivity index (χ2n) is 7.51. The van der Waals surface area contributed by atoms with Crippen LogP contribution < -0.4 is 33.2 Å². The molecule has 36 heavy (non-hydrogen) atoms. The molecule has 186 valence electrons. The number of carbonyl (C=O) groups excluding carboxylic acids is 2. The van der Waals surface area contributed by atoms with Crippen LogP contribution in [-0.4, -0.2) is 47.3 Å². The van der Waals surface area contributed by atoms with E-state index in [-0.39, 0.29) is 28.6 Å². The lowest BCUT2D eigenvalue weighted by Crippen LogP contribution is -2.09. The third-order valence-electron chi connectivity index (χ3n) is 5.46. The smallest absolute Gasteiger partial charge is 0.343 e. The van der Waals surface area contributed by atoms with Crippen molar-refractivity contribution in [3.63, 3.8) is 0 Å². The molecule has 0 radical (unpaired) electrons. The summed E-state index contributed by atoms with van der Waals surface area (Å²) in [7, 11) is 7.48. The van der Waals surface area contributed by atoms with Crippen LogP contribution in [0.25, 0.3) is 6.08 Å². The van der Waals surface area contributed by atoms with Crippen molar-refractivity contribution in [2.45, 2.75) is 0 Å². The van der Waals surface area contributed by atoms with Crippen LogP contribution in [0, 0.1) is 0 Å². The summed E-state index contributed by atoms with van der Waals surface area (Å²) >= 11 is 0. The fraction of sp³-hybridized carbons (Fsp3) is 0.185. The molecule has 3 aromatic carbocycles. The van der Waals surface area contributed by atoms with Crippen LogP contribution in [0.4, 0.5) is 0 Å². The first-order chi connectivity index (χ1) is 17.4. The van der Waals surface area contributed by atoms with Gasteiger partial charge in [-0.3, -0.25) is 4.79 Å². The number of fused-ring (bicyclic) bond motifs is 1. The van der Waals surface area contributed by atoms with Gasteiger partial charge in [0.1, 0.15) is 23.0 Å². The minimum Gasteiger partial charge on any atom is -0.497 e. The molecule has 1 aliphatic rings. The molecule has 0 saturated heterocycles. The minimum absolute atomic E-state index is 0.0801. The summed E-state index contributed by atoms with van der Waals surface area (Å²) in [5.74, 6) is 1.77. The Balaban J connectivity index is 1.59. The van der Waals surface area contributed by atoms with E-state index in [9.17, 15) is 9.59 Å². The molecule has 0 amide bonds. The van der Waals surface area contributed by atoms with Crippen molar-refractivity contribution < 1.29 is 42.7 Å². The standard InChI is InChI=1S/C27H24O9/c1-30-18-10-16(11-19(13-18)31-2)27(29)35-17-7-8-20-22(14-17)36-23(24(20)28)12-15-6-9-21(32-3)26(34-5)25(15)33-4/h6-14H,1-5H3/b23-12-. The summed E-state index contributed by atoms with van der Waals surface area (Å²) in [6, 6.07) is 12.7. The topological polar surface area (TPSA) is 98.8 Å². The zero-order valence-corrected chi connectivity index (χ0v) is 20.4. The van der Waals surface area contributed by atoms with E-state index in [1.807, 2.05) is 0 Å². The predicted molar refractivity (Wildman–Crippen MR) is 130 cm³/mol. The number of hydrogen-bond acceptors (Lipinski definition) is 9. The third kappa shape index (κ3) is 4.63. The van der Waals surface area contributed by atoms with Crippen LogP contribution in [0.1, 0.15) is 26.3 Å². The van der Waals surface area contributed by atoms with Crippen LogP contribution in [0.5, 0.6) is 40.2 Å². The Labute approximate surface area is 207 Å².